The third-order valence-corrected chi connectivity index (χ3v) is 9.13. The molecule has 6 rings (SSSR count). The molecule has 0 aliphatic heterocycles. The number of methoxy groups -OCH3 is 4. The van der Waals surface area contributed by atoms with Crippen LogP contribution in [-0.2, 0) is 10.1 Å². The molecule has 0 heterocycles. The number of phenols is 1. The largest absolute Gasteiger partial charge is 0.505 e. The van der Waals surface area contributed by atoms with Gasteiger partial charge in [-0.3, -0.25) is 4.55 Å². The molecular formula is C39H33N7O10S. The van der Waals surface area contributed by atoms with Crippen LogP contribution in [0.1, 0.15) is 10.4 Å². The van der Waals surface area contributed by atoms with Gasteiger partial charge in [0.1, 0.15) is 56.3 Å². The number of nitrogens with one attached hydrogen (secondary N) is 1. The van der Waals surface area contributed by atoms with Crippen molar-refractivity contribution in [2.24, 2.45) is 30.7 Å². The Morgan fingerprint density at radius 1 is 0.596 bits per heavy atom. The molecule has 17 nitrogen and oxygen atoms in total. The summed E-state index contributed by atoms with van der Waals surface area (Å²) in [5.41, 5.74) is 2.21. The molecule has 0 spiro atoms. The summed E-state index contributed by atoms with van der Waals surface area (Å²) in [6.07, 6.45) is 0. The number of aromatic carboxylic acids is 1. The fraction of sp³-hybridized carbons (Fsp3) is 0.103. The average Bonchev–Trinajstić information content (AvgIpc) is 3.21. The molecule has 18 heteroatoms. The van der Waals surface area contributed by atoms with Crippen molar-refractivity contribution in [2.45, 2.75) is 4.90 Å². The van der Waals surface area contributed by atoms with E-state index in [1.54, 1.807) is 18.2 Å². The highest BCUT2D eigenvalue weighted by molar-refractivity contribution is 7.86. The standard InChI is InChI=1S/C39H33N7O10S/c1-53-32-19-29(33(54-2)18-28(32)42-41-25-12-10-22(11-13-25)39(48)49)43-44-30-20-35(56-4)31(21-34(30)55-3)45-46-37-36(57(50,51)52)17-23-16-26(14-15-27(23)38(37)47)40-24-8-6-5-7-9-24/h5-21,40,47H,1-4H3,(H,48,49)(H,50,51,52). The molecular weight excluding hydrogens is 759 g/mol. The first-order chi connectivity index (χ1) is 27.4. The molecule has 6 aromatic carbocycles. The van der Waals surface area contributed by atoms with Gasteiger partial charge in [0.25, 0.3) is 10.1 Å². The molecule has 57 heavy (non-hydrogen) atoms. The van der Waals surface area contributed by atoms with Crippen LogP contribution in [0.5, 0.6) is 28.7 Å². The molecule has 0 aromatic heterocycles. The summed E-state index contributed by atoms with van der Waals surface area (Å²) in [6.45, 7) is 0. The molecule has 0 atom stereocenters. The third kappa shape index (κ3) is 8.93. The van der Waals surface area contributed by atoms with E-state index in [1.165, 1.54) is 83.0 Å². The van der Waals surface area contributed by atoms with Gasteiger partial charge in [-0.25, -0.2) is 4.79 Å². The second-order valence-corrected chi connectivity index (χ2v) is 13.2. The number of anilines is 2. The van der Waals surface area contributed by atoms with E-state index in [-0.39, 0.29) is 51.0 Å². The van der Waals surface area contributed by atoms with Gasteiger partial charge in [-0.05, 0) is 66.0 Å². The highest BCUT2D eigenvalue weighted by Crippen LogP contribution is 2.46. The molecule has 0 radical (unpaired) electrons. The quantitative estimate of drug-likeness (QED) is 0.0598. The normalized spacial score (nSPS) is 11.7. The van der Waals surface area contributed by atoms with Crippen LogP contribution in [0, 0.1) is 0 Å². The van der Waals surface area contributed by atoms with E-state index in [1.807, 2.05) is 30.3 Å². The van der Waals surface area contributed by atoms with Gasteiger partial charge in [0.15, 0.2) is 5.75 Å². The Morgan fingerprint density at radius 2 is 1.09 bits per heavy atom. The van der Waals surface area contributed by atoms with E-state index in [0.29, 0.717) is 22.4 Å². The maximum absolute atomic E-state index is 12.5. The lowest BCUT2D eigenvalue weighted by Gasteiger charge is -2.12. The number of phenolic OH excluding ortho intramolecular Hbond substituents is 1. The van der Waals surface area contributed by atoms with Crippen LogP contribution < -0.4 is 24.3 Å². The average molecular weight is 792 g/mol. The Labute approximate surface area is 325 Å². The number of rotatable bonds is 14. The number of carboxylic acid groups (broad SMARTS) is 1. The highest BCUT2D eigenvalue weighted by Gasteiger charge is 2.23. The van der Waals surface area contributed by atoms with E-state index >= 15 is 0 Å². The fourth-order valence-corrected chi connectivity index (χ4v) is 6.11. The van der Waals surface area contributed by atoms with Gasteiger partial charge in [-0.15, -0.1) is 25.6 Å². The van der Waals surface area contributed by atoms with Gasteiger partial charge in [-0.2, -0.15) is 13.5 Å². The number of carbonyl (C=O) groups is 1. The van der Waals surface area contributed by atoms with Crippen molar-refractivity contribution in [3.05, 3.63) is 109 Å². The molecule has 6 aromatic rings. The van der Waals surface area contributed by atoms with E-state index in [4.69, 9.17) is 24.1 Å². The number of para-hydroxylation sites is 1. The summed E-state index contributed by atoms with van der Waals surface area (Å²) in [7, 11) is 0.712. The zero-order valence-corrected chi connectivity index (χ0v) is 31.4. The summed E-state index contributed by atoms with van der Waals surface area (Å²) in [5, 5.41) is 49.4. The SMILES string of the molecule is COc1cc(N=Nc2cc(OC)c(N=Nc3c(S(=O)(=O)O)cc4cc(Nc5ccccc5)ccc4c3O)cc2OC)c(OC)cc1N=Nc1ccc(C(=O)O)cc1. The predicted molar refractivity (Wildman–Crippen MR) is 210 cm³/mol. The lowest BCUT2D eigenvalue weighted by molar-refractivity contribution is 0.0697. The Kier molecular flexibility index (Phi) is 11.7. The van der Waals surface area contributed by atoms with Crippen LogP contribution in [0.3, 0.4) is 0 Å². The molecule has 4 N–H and O–H groups in total. The van der Waals surface area contributed by atoms with Crippen LogP contribution >= 0.6 is 0 Å². The van der Waals surface area contributed by atoms with Crippen molar-refractivity contribution in [3.8, 4) is 28.7 Å². The van der Waals surface area contributed by atoms with Crippen LogP contribution in [-0.4, -0.2) is 57.6 Å². The van der Waals surface area contributed by atoms with Gasteiger partial charge in [0, 0.05) is 41.0 Å². The van der Waals surface area contributed by atoms with Gasteiger partial charge in [-0.1, -0.05) is 18.2 Å². The number of ether oxygens (including phenoxy) is 4. The molecule has 0 fully saturated rings. The summed E-state index contributed by atoms with van der Waals surface area (Å²) in [6, 6.07) is 27.1. The first-order valence-corrected chi connectivity index (χ1v) is 18.1. The van der Waals surface area contributed by atoms with Crippen molar-refractivity contribution < 1.29 is 46.9 Å². The van der Waals surface area contributed by atoms with Crippen molar-refractivity contribution in [1.82, 2.24) is 0 Å². The molecule has 0 aliphatic carbocycles. The first kappa shape index (κ1) is 39.3. The van der Waals surface area contributed by atoms with E-state index in [2.05, 4.69) is 36.0 Å². The Balaban J connectivity index is 1.31. The lowest BCUT2D eigenvalue weighted by Crippen LogP contribution is -1.99. The summed E-state index contributed by atoms with van der Waals surface area (Å²) >= 11 is 0. The maximum atomic E-state index is 12.5. The Hall–Kier alpha value is -7.44. The monoisotopic (exact) mass is 791 g/mol. The minimum atomic E-state index is -4.89. The second-order valence-electron chi connectivity index (χ2n) is 11.8. The molecule has 0 aliphatic rings. The topological polar surface area (TPSA) is 235 Å². The zero-order chi connectivity index (χ0) is 40.7. The first-order valence-electron chi connectivity index (χ1n) is 16.6. The minimum Gasteiger partial charge on any atom is -0.505 e. The van der Waals surface area contributed by atoms with Crippen LogP contribution in [0.15, 0.2) is 139 Å². The number of benzene rings is 6. The van der Waals surface area contributed by atoms with Gasteiger partial charge in [0.2, 0.25) is 0 Å². The number of aromatic hydroxyl groups is 1. The number of hydrogen-bond acceptors (Lipinski definition) is 15. The van der Waals surface area contributed by atoms with Crippen LogP contribution in [0.2, 0.25) is 0 Å². The summed E-state index contributed by atoms with van der Waals surface area (Å²) in [4.78, 5) is 10.5. The predicted octanol–water partition coefficient (Wildman–Crippen LogP) is 10.5. The van der Waals surface area contributed by atoms with E-state index in [9.17, 15) is 22.9 Å². The third-order valence-electron chi connectivity index (χ3n) is 8.26. The smallest absolute Gasteiger partial charge is 0.335 e. The highest BCUT2D eigenvalue weighted by atomic mass is 32.2. The number of nitrogens with zero attached hydrogens (tertiary/aromatic N) is 6. The molecule has 0 saturated carbocycles. The number of carboxylic acids is 1. The van der Waals surface area contributed by atoms with Gasteiger partial charge < -0.3 is 34.5 Å². The number of fused-ring (bicyclic) bond motifs is 1. The molecule has 290 valence electrons. The second kappa shape index (κ2) is 16.9. The van der Waals surface area contributed by atoms with Gasteiger partial charge in [0.05, 0.1) is 39.7 Å². The zero-order valence-electron chi connectivity index (χ0n) is 30.6. The minimum absolute atomic E-state index is 0.0584. The van der Waals surface area contributed by atoms with E-state index < -0.39 is 32.4 Å². The van der Waals surface area contributed by atoms with Crippen LogP contribution in [0.25, 0.3) is 10.8 Å². The van der Waals surface area contributed by atoms with E-state index in [0.717, 1.165) is 5.69 Å². The number of azo groups is 3. The number of hydrogen-bond donors (Lipinski definition) is 4. The van der Waals surface area contributed by atoms with Crippen molar-refractivity contribution in [1.29, 1.82) is 0 Å². The fourth-order valence-electron chi connectivity index (χ4n) is 5.45. The molecule has 0 bridgehead atoms. The summed E-state index contributed by atoms with van der Waals surface area (Å²) in [5.74, 6) is -0.765. The Morgan fingerprint density at radius 3 is 1.56 bits per heavy atom. The molecule has 0 saturated heterocycles. The Bertz CT molecular complexity index is 2670. The molecule has 0 unspecified atom stereocenters. The summed E-state index contributed by atoms with van der Waals surface area (Å²) < 4.78 is 57.3. The van der Waals surface area contributed by atoms with Crippen molar-refractivity contribution in [3.63, 3.8) is 0 Å². The lowest BCUT2D eigenvalue weighted by atomic mass is 10.1. The van der Waals surface area contributed by atoms with Crippen molar-refractivity contribution >= 4 is 72.4 Å². The maximum Gasteiger partial charge on any atom is 0.335 e. The van der Waals surface area contributed by atoms with Gasteiger partial charge >= 0.3 is 5.97 Å². The van der Waals surface area contributed by atoms with Crippen molar-refractivity contribution in [2.75, 3.05) is 33.8 Å². The molecule has 0 amide bonds. The van der Waals surface area contributed by atoms with Crippen LogP contribution in [0.4, 0.5) is 45.5 Å².